The number of rotatable bonds is 4. The van der Waals surface area contributed by atoms with Crippen molar-refractivity contribution in [3.63, 3.8) is 0 Å². The van der Waals surface area contributed by atoms with E-state index in [-0.39, 0.29) is 27.9 Å². The molecule has 3 N–H and O–H groups in total. The molecule has 11 heteroatoms. The van der Waals surface area contributed by atoms with Crippen LogP contribution in [0, 0.1) is 10.1 Å². The second-order valence-electron chi connectivity index (χ2n) is 6.56. The summed E-state index contributed by atoms with van der Waals surface area (Å²) in [5.74, 6) is -0.990. The second-order valence-corrected chi connectivity index (χ2v) is 7.99. The van der Waals surface area contributed by atoms with Gasteiger partial charge in [0.15, 0.2) is 0 Å². The normalized spacial score (nSPS) is 12.1. The minimum absolute atomic E-state index is 0.00893. The van der Waals surface area contributed by atoms with E-state index in [0.717, 1.165) is 23.6 Å². The number of nitrogens with zero attached hydrogens (tertiary/aromatic N) is 3. The number of phenols is 1. The van der Waals surface area contributed by atoms with Gasteiger partial charge in [-0.2, -0.15) is 14.2 Å². The zero-order valence-electron chi connectivity index (χ0n) is 15.5. The van der Waals surface area contributed by atoms with Crippen molar-refractivity contribution in [3.05, 3.63) is 70.8 Å². The van der Waals surface area contributed by atoms with Crippen molar-refractivity contribution in [2.75, 3.05) is 0 Å². The molecule has 0 aromatic heterocycles. The van der Waals surface area contributed by atoms with Gasteiger partial charge >= 0.3 is 10.5 Å². The van der Waals surface area contributed by atoms with Crippen molar-refractivity contribution < 1.29 is 28.5 Å². The van der Waals surface area contributed by atoms with Crippen LogP contribution in [0.2, 0.25) is 0 Å². The number of aromatic hydroxyl groups is 1. The first-order valence-corrected chi connectivity index (χ1v) is 10.2. The van der Waals surface area contributed by atoms with Crippen LogP contribution >= 0.6 is 0 Å². The Morgan fingerprint density at radius 3 is 2.35 bits per heavy atom. The molecular formula is C20H13N3O7S. The van der Waals surface area contributed by atoms with Crippen molar-refractivity contribution in [1.82, 2.24) is 0 Å². The fourth-order valence-electron chi connectivity index (χ4n) is 3.20. The first-order valence-electron chi connectivity index (χ1n) is 8.70. The predicted octanol–water partition coefficient (Wildman–Crippen LogP) is 4.90. The van der Waals surface area contributed by atoms with Crippen LogP contribution in [0.5, 0.6) is 11.5 Å². The molecule has 4 aromatic carbocycles. The summed E-state index contributed by atoms with van der Waals surface area (Å²) < 4.78 is 31.0. The van der Waals surface area contributed by atoms with Crippen LogP contribution in [0.3, 0.4) is 0 Å². The van der Waals surface area contributed by atoms with E-state index < -0.39 is 31.8 Å². The highest BCUT2D eigenvalue weighted by Gasteiger charge is 2.32. The molecule has 31 heavy (non-hydrogen) atoms. The molecule has 0 heterocycles. The summed E-state index contributed by atoms with van der Waals surface area (Å²) in [6.45, 7) is 0. The van der Waals surface area contributed by atoms with Crippen LogP contribution in [0.15, 0.2) is 75.8 Å². The minimum Gasteiger partial charge on any atom is -0.871 e. The Morgan fingerprint density at radius 2 is 1.65 bits per heavy atom. The molecule has 0 amide bonds. The molecule has 0 aliphatic heterocycles. The maximum absolute atomic E-state index is 12.6. The molecule has 0 fully saturated rings. The summed E-state index contributed by atoms with van der Waals surface area (Å²) in [5, 5.41) is 42.9. The van der Waals surface area contributed by atoms with E-state index in [4.69, 9.17) is 0 Å². The van der Waals surface area contributed by atoms with Gasteiger partial charge in [-0.3, -0.25) is 10.1 Å². The van der Waals surface area contributed by atoms with Crippen molar-refractivity contribution in [2.24, 2.45) is 10.2 Å². The quantitative estimate of drug-likeness (QED) is 0.176. The number of hydrogen-bond donors (Lipinski definition) is 3. The summed E-state index contributed by atoms with van der Waals surface area (Å²) in [5.41, 5.74) is -0.599. The molecule has 156 valence electrons. The highest BCUT2D eigenvalue weighted by Crippen LogP contribution is 2.42. The number of azo groups is 1. The maximum atomic E-state index is 12.6. The van der Waals surface area contributed by atoms with E-state index in [1.165, 1.54) is 12.1 Å². The molecule has 0 aliphatic carbocycles. The van der Waals surface area contributed by atoms with Gasteiger partial charge in [0.25, 0.3) is 5.69 Å². The van der Waals surface area contributed by atoms with Gasteiger partial charge in [-0.15, -0.1) is 5.11 Å². The molecule has 0 radical (unpaired) electrons. The molecule has 4 aromatic rings. The summed E-state index contributed by atoms with van der Waals surface area (Å²) in [6, 6.07) is 14.1. The fourth-order valence-corrected chi connectivity index (χ4v) is 3.92. The first-order chi connectivity index (χ1) is 14.7. The van der Waals surface area contributed by atoms with Gasteiger partial charge < -0.3 is 10.2 Å². The van der Waals surface area contributed by atoms with Gasteiger partial charge in [-0.1, -0.05) is 36.1 Å². The van der Waals surface area contributed by atoms with Gasteiger partial charge in [0.2, 0.25) is 4.90 Å². The summed E-state index contributed by atoms with van der Waals surface area (Å²) >= 11 is 0. The molecule has 0 bridgehead atoms. The average Bonchev–Trinajstić information content (AvgIpc) is 2.73. The van der Waals surface area contributed by atoms with Crippen LogP contribution < -0.4 is 5.11 Å². The Morgan fingerprint density at radius 1 is 0.903 bits per heavy atom. The van der Waals surface area contributed by atoms with Crippen molar-refractivity contribution >= 4 is 49.1 Å². The minimum atomic E-state index is -4.56. The van der Waals surface area contributed by atoms with Gasteiger partial charge in [-0.05, 0) is 27.1 Å². The van der Waals surface area contributed by atoms with Crippen molar-refractivity contribution in [3.8, 4) is 11.5 Å². The van der Waals surface area contributed by atoms with Gasteiger partial charge in [-0.25, -0.2) is 0 Å². The van der Waals surface area contributed by atoms with Crippen LogP contribution in [0.25, 0.3) is 21.5 Å². The number of benzene rings is 4. The predicted molar refractivity (Wildman–Crippen MR) is 111 cm³/mol. The first kappa shape index (κ1) is 20.3. The Bertz CT molecular complexity index is 1450. The highest BCUT2D eigenvalue weighted by atomic mass is 32.3. The summed E-state index contributed by atoms with van der Waals surface area (Å²) in [4.78, 5) is 9.77. The Kier molecular flexibility index (Phi) is 4.85. The molecule has 0 saturated carbocycles. The van der Waals surface area contributed by atoms with Gasteiger partial charge in [0, 0.05) is 23.6 Å². The Labute approximate surface area is 175 Å². The molecule has 4 rings (SSSR count). The Balaban J connectivity index is 1.92. The lowest BCUT2D eigenvalue weighted by Crippen LogP contribution is -2.08. The zero-order chi connectivity index (χ0) is 22.3. The van der Waals surface area contributed by atoms with Crippen molar-refractivity contribution in [1.29, 1.82) is 0 Å². The third kappa shape index (κ3) is 3.68. The molecule has 10 nitrogen and oxygen atoms in total. The monoisotopic (exact) mass is 439 g/mol. The average molecular weight is 439 g/mol. The number of phenolic OH excluding ortho intramolecular Hbond substituents is 1. The van der Waals surface area contributed by atoms with Crippen molar-refractivity contribution in [2.45, 2.75) is 4.90 Å². The van der Waals surface area contributed by atoms with Gasteiger partial charge in [0.1, 0.15) is 11.4 Å². The third-order valence-electron chi connectivity index (χ3n) is 4.65. The number of nitro benzene ring substituents is 1. The van der Waals surface area contributed by atoms with Crippen LogP contribution in [0.4, 0.5) is 17.1 Å². The molecule has 0 aliphatic rings. The third-order valence-corrected chi connectivity index (χ3v) is 5.56. The Hall–Kier alpha value is -3.93. The molecular weight excluding hydrogens is 426 g/mol. The SMILES string of the molecule is O=[N+]([O-])c1ccc2c(N=Nc3ccc4ccccc4c3[O-])c(O)cc([S+](=O)(O)O)c2c1. The number of fused-ring (bicyclic) bond motifs is 2. The number of nitro groups is 1. The lowest BCUT2D eigenvalue weighted by atomic mass is 10.1. The molecule has 0 spiro atoms. The van der Waals surface area contributed by atoms with E-state index in [9.17, 15) is 33.6 Å². The lowest BCUT2D eigenvalue weighted by Gasteiger charge is -2.13. The number of hydrogen-bond acceptors (Lipinski definition) is 7. The summed E-state index contributed by atoms with van der Waals surface area (Å²) in [7, 11) is -4.56. The highest BCUT2D eigenvalue weighted by molar-refractivity contribution is 7.92. The molecule has 0 atom stereocenters. The molecule has 0 saturated heterocycles. The standard InChI is InChI=1S/C20H13N3O7S/c24-17-10-18(31(28,29)30)15-9-12(23(26)27)6-7-14(15)19(17)22-21-16-8-5-11-3-1-2-4-13(11)20(16)25/h1-10H,(H3-,21,22,24,25,28,29,30). The number of non-ortho nitro benzene ring substituents is 1. The van der Waals surface area contributed by atoms with Crippen LogP contribution in [-0.4, -0.2) is 19.1 Å². The second kappa shape index (κ2) is 7.40. The van der Waals surface area contributed by atoms with E-state index in [1.807, 2.05) is 0 Å². The van der Waals surface area contributed by atoms with Crippen LogP contribution in [-0.2, 0) is 14.7 Å². The lowest BCUT2D eigenvalue weighted by molar-refractivity contribution is -0.384. The maximum Gasteiger partial charge on any atom is 0.387 e. The fraction of sp³-hybridized carbons (Fsp3) is 0. The zero-order valence-corrected chi connectivity index (χ0v) is 16.3. The largest absolute Gasteiger partial charge is 0.871 e. The van der Waals surface area contributed by atoms with E-state index in [0.29, 0.717) is 5.39 Å². The topological polar surface area (TPSA) is 169 Å². The van der Waals surface area contributed by atoms with Crippen LogP contribution in [0.1, 0.15) is 0 Å². The van der Waals surface area contributed by atoms with E-state index in [1.54, 1.807) is 30.3 Å². The smallest absolute Gasteiger partial charge is 0.387 e. The van der Waals surface area contributed by atoms with Gasteiger partial charge in [0.05, 0.1) is 16.0 Å². The van der Waals surface area contributed by atoms with E-state index >= 15 is 0 Å². The summed E-state index contributed by atoms with van der Waals surface area (Å²) in [6.07, 6.45) is 0. The van der Waals surface area contributed by atoms with E-state index in [2.05, 4.69) is 10.2 Å². The molecule has 0 unspecified atom stereocenters.